The number of fused-ring (bicyclic) bond motifs is 2. The molecular formula is C22H15FN2O6. The van der Waals surface area contributed by atoms with Crippen LogP contribution in [0.15, 0.2) is 66.7 Å². The molecule has 3 aromatic rings. The molecule has 1 aliphatic rings. The number of hydrogen-bond acceptors (Lipinski definition) is 6. The number of amides is 1. The predicted octanol–water partition coefficient (Wildman–Crippen LogP) is 4.15. The van der Waals surface area contributed by atoms with Gasteiger partial charge >= 0.3 is 5.97 Å². The second kappa shape index (κ2) is 8.23. The highest BCUT2D eigenvalue weighted by Crippen LogP contribution is 2.44. The Hall–Kier alpha value is -4.27. The van der Waals surface area contributed by atoms with Crippen LogP contribution in [0.1, 0.15) is 17.0 Å². The van der Waals surface area contributed by atoms with E-state index in [1.54, 1.807) is 48.5 Å². The van der Waals surface area contributed by atoms with Gasteiger partial charge in [-0.2, -0.15) is 0 Å². The van der Waals surface area contributed by atoms with Crippen molar-refractivity contribution in [2.24, 2.45) is 0 Å². The number of ether oxygens (including phenoxy) is 2. The van der Waals surface area contributed by atoms with Crippen molar-refractivity contribution in [3.05, 3.63) is 93.8 Å². The smallest absolute Gasteiger partial charge is 0.318 e. The van der Waals surface area contributed by atoms with E-state index in [1.165, 1.54) is 0 Å². The van der Waals surface area contributed by atoms with E-state index < -0.39 is 35.1 Å². The number of nitrogens with zero attached hydrogens (tertiary/aromatic N) is 1. The largest absolute Gasteiger partial charge is 0.457 e. The van der Waals surface area contributed by atoms with E-state index in [0.29, 0.717) is 22.6 Å². The van der Waals surface area contributed by atoms with Gasteiger partial charge in [-0.05, 0) is 18.2 Å². The van der Waals surface area contributed by atoms with E-state index in [2.05, 4.69) is 5.32 Å². The lowest BCUT2D eigenvalue weighted by molar-refractivity contribution is -0.384. The van der Waals surface area contributed by atoms with Crippen LogP contribution in [0.2, 0.25) is 0 Å². The fourth-order valence-electron chi connectivity index (χ4n) is 3.29. The average molecular weight is 422 g/mol. The quantitative estimate of drug-likeness (QED) is 0.376. The van der Waals surface area contributed by atoms with Crippen LogP contribution in [0.25, 0.3) is 0 Å². The number of non-ortho nitro benzene ring substituents is 1. The first kappa shape index (κ1) is 20.0. The molecule has 3 aromatic carbocycles. The first-order chi connectivity index (χ1) is 14.9. The Kier molecular flexibility index (Phi) is 5.31. The topological polar surface area (TPSA) is 108 Å². The van der Waals surface area contributed by atoms with Gasteiger partial charge < -0.3 is 14.8 Å². The van der Waals surface area contributed by atoms with Crippen LogP contribution in [0.4, 0.5) is 15.8 Å². The summed E-state index contributed by atoms with van der Waals surface area (Å²) in [7, 11) is 0. The minimum absolute atomic E-state index is 0.378. The van der Waals surface area contributed by atoms with Gasteiger partial charge in [0.15, 0.2) is 6.61 Å². The molecule has 4 rings (SSSR count). The first-order valence-corrected chi connectivity index (χ1v) is 9.20. The van der Waals surface area contributed by atoms with E-state index >= 15 is 0 Å². The molecule has 1 N–H and O–H groups in total. The summed E-state index contributed by atoms with van der Waals surface area (Å²) < 4.78 is 24.9. The maximum Gasteiger partial charge on any atom is 0.318 e. The summed E-state index contributed by atoms with van der Waals surface area (Å²) in [6.45, 7) is -0.692. The maximum absolute atomic E-state index is 13.9. The number of carbonyl (C=O) groups is 2. The summed E-state index contributed by atoms with van der Waals surface area (Å²) in [4.78, 5) is 35.2. The van der Waals surface area contributed by atoms with E-state index in [4.69, 9.17) is 9.47 Å². The lowest BCUT2D eigenvalue weighted by atomic mass is 9.88. The number of esters is 1. The van der Waals surface area contributed by atoms with Crippen LogP contribution < -0.4 is 10.1 Å². The number of nitrogens with one attached hydrogen (secondary N) is 1. The molecule has 0 radical (unpaired) electrons. The number of carbonyl (C=O) groups excluding carboxylic acids is 2. The summed E-state index contributed by atoms with van der Waals surface area (Å²) in [6.07, 6.45) is 0. The Labute approximate surface area is 175 Å². The van der Waals surface area contributed by atoms with Crippen LogP contribution in [-0.4, -0.2) is 23.4 Å². The minimum Gasteiger partial charge on any atom is -0.457 e. The number of nitro benzene ring substituents is 1. The van der Waals surface area contributed by atoms with Gasteiger partial charge in [-0.1, -0.05) is 36.4 Å². The third-order valence-electron chi connectivity index (χ3n) is 4.70. The van der Waals surface area contributed by atoms with E-state index in [0.717, 1.165) is 18.2 Å². The van der Waals surface area contributed by atoms with Gasteiger partial charge in [0.2, 0.25) is 0 Å². The number of nitro groups is 1. The second-order valence-electron chi connectivity index (χ2n) is 6.69. The Morgan fingerprint density at radius 2 is 1.65 bits per heavy atom. The van der Waals surface area contributed by atoms with Crippen LogP contribution in [0.5, 0.6) is 11.5 Å². The maximum atomic E-state index is 13.9. The van der Waals surface area contributed by atoms with Gasteiger partial charge in [-0.25, -0.2) is 4.39 Å². The third-order valence-corrected chi connectivity index (χ3v) is 4.70. The van der Waals surface area contributed by atoms with Crippen LogP contribution >= 0.6 is 0 Å². The number of hydrogen-bond donors (Lipinski definition) is 1. The minimum atomic E-state index is -0.849. The molecule has 1 aliphatic heterocycles. The molecule has 0 fully saturated rings. The molecule has 0 bridgehead atoms. The monoisotopic (exact) mass is 422 g/mol. The van der Waals surface area contributed by atoms with E-state index in [1.807, 2.05) is 0 Å². The number of para-hydroxylation sites is 2. The Bertz CT molecular complexity index is 1150. The normalized spacial score (nSPS) is 12.2. The van der Waals surface area contributed by atoms with Gasteiger partial charge in [0.25, 0.3) is 11.6 Å². The number of benzene rings is 3. The molecule has 156 valence electrons. The Morgan fingerprint density at radius 1 is 1.03 bits per heavy atom. The first-order valence-electron chi connectivity index (χ1n) is 9.20. The molecular weight excluding hydrogens is 407 g/mol. The van der Waals surface area contributed by atoms with Crippen molar-refractivity contribution in [1.29, 1.82) is 0 Å². The van der Waals surface area contributed by atoms with Crippen LogP contribution in [-0.2, 0) is 14.3 Å². The van der Waals surface area contributed by atoms with E-state index in [9.17, 15) is 24.1 Å². The summed E-state index contributed by atoms with van der Waals surface area (Å²) in [6, 6.07) is 16.7. The zero-order valence-electron chi connectivity index (χ0n) is 15.9. The molecule has 0 saturated carbocycles. The molecule has 9 heteroatoms. The molecule has 0 saturated heterocycles. The van der Waals surface area contributed by atoms with Crippen molar-refractivity contribution in [3.8, 4) is 11.5 Å². The molecule has 1 amide bonds. The van der Waals surface area contributed by atoms with Crippen molar-refractivity contribution < 1.29 is 28.4 Å². The molecule has 0 unspecified atom stereocenters. The number of anilines is 1. The van der Waals surface area contributed by atoms with Gasteiger partial charge in [0, 0.05) is 23.3 Å². The summed E-state index contributed by atoms with van der Waals surface area (Å²) >= 11 is 0. The van der Waals surface area contributed by atoms with Crippen molar-refractivity contribution >= 4 is 23.3 Å². The summed E-state index contributed by atoms with van der Waals surface area (Å²) in [5.74, 6) is -2.15. The van der Waals surface area contributed by atoms with Crippen molar-refractivity contribution in [2.75, 3.05) is 11.9 Å². The van der Waals surface area contributed by atoms with Gasteiger partial charge in [-0.3, -0.25) is 19.7 Å². The van der Waals surface area contributed by atoms with E-state index in [-0.39, 0.29) is 11.4 Å². The molecule has 0 spiro atoms. The highest BCUT2D eigenvalue weighted by Gasteiger charge is 2.33. The molecule has 8 nitrogen and oxygen atoms in total. The third kappa shape index (κ3) is 4.06. The zero-order chi connectivity index (χ0) is 22.0. The number of halogens is 1. The van der Waals surface area contributed by atoms with Crippen molar-refractivity contribution in [3.63, 3.8) is 0 Å². The highest BCUT2D eigenvalue weighted by atomic mass is 19.1. The second-order valence-corrected chi connectivity index (χ2v) is 6.69. The predicted molar refractivity (Wildman–Crippen MR) is 107 cm³/mol. The van der Waals surface area contributed by atoms with Gasteiger partial charge in [0.05, 0.1) is 10.6 Å². The SMILES string of the molecule is O=C(COC(=O)C1c2ccccc2Oc2ccccc21)Nc1cc([N+](=O)[O-])ccc1F. The lowest BCUT2D eigenvalue weighted by Crippen LogP contribution is -2.26. The fourth-order valence-corrected chi connectivity index (χ4v) is 3.29. The van der Waals surface area contributed by atoms with Crippen molar-refractivity contribution in [1.82, 2.24) is 0 Å². The summed E-state index contributed by atoms with van der Waals surface area (Å²) in [5, 5.41) is 13.0. The molecule has 1 heterocycles. The highest BCUT2D eigenvalue weighted by molar-refractivity contribution is 5.94. The average Bonchev–Trinajstić information content (AvgIpc) is 2.77. The van der Waals surface area contributed by atoms with Crippen LogP contribution in [0, 0.1) is 15.9 Å². The zero-order valence-corrected chi connectivity index (χ0v) is 15.9. The van der Waals surface area contributed by atoms with Crippen LogP contribution in [0.3, 0.4) is 0 Å². The van der Waals surface area contributed by atoms with Crippen molar-refractivity contribution in [2.45, 2.75) is 5.92 Å². The van der Waals surface area contributed by atoms with Gasteiger partial charge in [0.1, 0.15) is 23.2 Å². The Morgan fingerprint density at radius 3 is 2.26 bits per heavy atom. The summed E-state index contributed by atoms with van der Waals surface area (Å²) in [5.41, 5.74) is 0.425. The molecule has 0 aromatic heterocycles. The fraction of sp³-hybridized carbons (Fsp3) is 0.0909. The lowest BCUT2D eigenvalue weighted by Gasteiger charge is -2.26. The molecule has 0 atom stereocenters. The molecule has 0 aliphatic carbocycles. The number of rotatable bonds is 5. The van der Waals surface area contributed by atoms with Gasteiger partial charge in [-0.15, -0.1) is 0 Å². The molecule has 31 heavy (non-hydrogen) atoms. The standard InChI is InChI=1S/C22H15FN2O6/c23-16-10-9-13(25(28)29)11-17(16)24-20(26)12-30-22(27)21-14-5-1-3-7-18(14)31-19-8-4-2-6-15(19)21/h1-11,21H,12H2,(H,24,26). The Balaban J connectivity index is 1.49.